The van der Waals surface area contributed by atoms with Crippen LogP contribution in [0.3, 0.4) is 0 Å². The van der Waals surface area contributed by atoms with Crippen LogP contribution >= 0.6 is 0 Å². The molecule has 0 spiro atoms. The summed E-state index contributed by atoms with van der Waals surface area (Å²) in [6.07, 6.45) is 9.87. The molecule has 0 unspecified atom stereocenters. The van der Waals surface area contributed by atoms with E-state index in [-0.39, 0.29) is 0 Å². The highest BCUT2D eigenvalue weighted by atomic mass is 14.8. The molecule has 0 bridgehead atoms. The summed E-state index contributed by atoms with van der Waals surface area (Å²) in [7, 11) is 0. The van der Waals surface area contributed by atoms with E-state index in [0.29, 0.717) is 0 Å². The van der Waals surface area contributed by atoms with E-state index >= 15 is 0 Å². The first-order valence-electron chi connectivity index (χ1n) is 9.76. The Morgan fingerprint density at radius 3 is 1.29 bits per heavy atom. The lowest BCUT2D eigenvalue weighted by molar-refractivity contribution is 0.588. The number of hydrogen-bond donors (Lipinski definition) is 4. The van der Waals surface area contributed by atoms with Gasteiger partial charge in [0.05, 0.1) is 0 Å². The lowest BCUT2D eigenvalue weighted by Gasteiger charge is -2.08. The van der Waals surface area contributed by atoms with Crippen LogP contribution in [0.25, 0.3) is 0 Å². The number of benzene rings is 1. The smallest absolute Gasteiger partial charge is 0.0205 e. The SMILES string of the molecule is NCCCCCCNCc1ccc(CNCCCCCCN)cc1. The van der Waals surface area contributed by atoms with Crippen molar-refractivity contribution in [2.24, 2.45) is 11.5 Å². The molecule has 0 radical (unpaired) electrons. The average molecular weight is 335 g/mol. The van der Waals surface area contributed by atoms with Crippen LogP contribution in [0.2, 0.25) is 0 Å². The summed E-state index contributed by atoms with van der Waals surface area (Å²) in [5.74, 6) is 0. The predicted molar refractivity (Wildman–Crippen MR) is 105 cm³/mol. The van der Waals surface area contributed by atoms with Crippen LogP contribution < -0.4 is 22.1 Å². The fourth-order valence-corrected chi connectivity index (χ4v) is 2.74. The monoisotopic (exact) mass is 334 g/mol. The predicted octanol–water partition coefficient (Wildman–Crippen LogP) is 2.90. The molecule has 0 fully saturated rings. The van der Waals surface area contributed by atoms with Crippen molar-refractivity contribution >= 4 is 0 Å². The summed E-state index contributed by atoms with van der Waals surface area (Å²) in [4.78, 5) is 0. The summed E-state index contributed by atoms with van der Waals surface area (Å²) < 4.78 is 0. The molecule has 0 atom stereocenters. The third-order valence-corrected chi connectivity index (χ3v) is 4.30. The Morgan fingerprint density at radius 2 is 0.917 bits per heavy atom. The third kappa shape index (κ3) is 11.6. The van der Waals surface area contributed by atoms with Gasteiger partial charge in [0.2, 0.25) is 0 Å². The normalized spacial score (nSPS) is 11.1. The Labute approximate surface area is 148 Å². The van der Waals surface area contributed by atoms with E-state index in [1.165, 1.54) is 49.7 Å². The Kier molecular flexibility index (Phi) is 13.7. The molecule has 1 aromatic rings. The van der Waals surface area contributed by atoms with E-state index < -0.39 is 0 Å². The van der Waals surface area contributed by atoms with Gasteiger partial charge in [0.25, 0.3) is 0 Å². The van der Waals surface area contributed by atoms with Crippen LogP contribution in [0.1, 0.15) is 62.5 Å². The van der Waals surface area contributed by atoms with Crippen molar-refractivity contribution in [1.29, 1.82) is 0 Å². The minimum atomic E-state index is 0.822. The standard InChI is InChI=1S/C20H38N4/c21-13-5-1-3-7-15-23-17-19-9-11-20(12-10-19)18-24-16-8-4-2-6-14-22/h9-12,23-24H,1-8,13-18,21-22H2. The number of nitrogens with one attached hydrogen (secondary N) is 2. The van der Waals surface area contributed by atoms with Crippen molar-refractivity contribution in [3.8, 4) is 0 Å². The molecule has 4 nitrogen and oxygen atoms in total. The molecular weight excluding hydrogens is 296 g/mol. The van der Waals surface area contributed by atoms with Gasteiger partial charge in [-0.25, -0.2) is 0 Å². The highest BCUT2D eigenvalue weighted by Crippen LogP contribution is 2.05. The summed E-state index contributed by atoms with van der Waals surface area (Å²) in [6.45, 7) is 5.76. The second-order valence-corrected chi connectivity index (χ2v) is 6.58. The number of rotatable bonds is 16. The van der Waals surface area contributed by atoms with Gasteiger partial charge in [-0.2, -0.15) is 0 Å². The fraction of sp³-hybridized carbons (Fsp3) is 0.700. The van der Waals surface area contributed by atoms with Gasteiger partial charge in [-0.3, -0.25) is 0 Å². The first-order valence-corrected chi connectivity index (χ1v) is 9.76. The van der Waals surface area contributed by atoms with Gasteiger partial charge in [0.15, 0.2) is 0 Å². The Morgan fingerprint density at radius 1 is 0.542 bits per heavy atom. The summed E-state index contributed by atoms with van der Waals surface area (Å²) in [5.41, 5.74) is 13.7. The minimum Gasteiger partial charge on any atom is -0.330 e. The Balaban J connectivity index is 2.02. The first-order chi connectivity index (χ1) is 11.9. The number of unbranched alkanes of at least 4 members (excludes halogenated alkanes) is 6. The highest BCUT2D eigenvalue weighted by molar-refractivity contribution is 5.22. The van der Waals surface area contributed by atoms with Gasteiger partial charge >= 0.3 is 0 Å². The van der Waals surface area contributed by atoms with Gasteiger partial charge in [-0.05, 0) is 63.0 Å². The zero-order valence-corrected chi connectivity index (χ0v) is 15.4. The molecule has 24 heavy (non-hydrogen) atoms. The van der Waals surface area contributed by atoms with Crippen molar-refractivity contribution < 1.29 is 0 Å². The minimum absolute atomic E-state index is 0.822. The van der Waals surface area contributed by atoms with Crippen LogP contribution in [-0.4, -0.2) is 26.2 Å². The zero-order valence-electron chi connectivity index (χ0n) is 15.4. The molecule has 0 heterocycles. The van der Waals surface area contributed by atoms with E-state index in [1.54, 1.807) is 0 Å². The molecule has 0 saturated carbocycles. The maximum atomic E-state index is 5.50. The van der Waals surface area contributed by atoms with Gasteiger partial charge in [0, 0.05) is 13.1 Å². The molecule has 0 aliphatic carbocycles. The summed E-state index contributed by atoms with van der Waals surface area (Å²) >= 11 is 0. The second-order valence-electron chi connectivity index (χ2n) is 6.58. The lowest BCUT2D eigenvalue weighted by atomic mass is 10.1. The maximum absolute atomic E-state index is 5.50. The van der Waals surface area contributed by atoms with Crippen LogP contribution in [0.5, 0.6) is 0 Å². The summed E-state index contributed by atoms with van der Waals surface area (Å²) in [6, 6.07) is 8.94. The molecule has 1 aromatic carbocycles. The van der Waals surface area contributed by atoms with Crippen molar-refractivity contribution in [2.75, 3.05) is 26.2 Å². The van der Waals surface area contributed by atoms with Crippen molar-refractivity contribution in [3.63, 3.8) is 0 Å². The van der Waals surface area contributed by atoms with Gasteiger partial charge in [-0.15, -0.1) is 0 Å². The molecule has 0 aliphatic rings. The van der Waals surface area contributed by atoms with Crippen LogP contribution in [0.15, 0.2) is 24.3 Å². The Hall–Kier alpha value is -0.940. The van der Waals surface area contributed by atoms with E-state index in [2.05, 4.69) is 34.9 Å². The maximum Gasteiger partial charge on any atom is 0.0205 e. The molecule has 0 amide bonds. The molecule has 0 aromatic heterocycles. The number of hydrogen-bond acceptors (Lipinski definition) is 4. The number of nitrogens with two attached hydrogens (primary N) is 2. The molecule has 0 aliphatic heterocycles. The van der Waals surface area contributed by atoms with Gasteiger partial charge < -0.3 is 22.1 Å². The van der Waals surface area contributed by atoms with E-state index in [0.717, 1.165) is 52.1 Å². The molecule has 6 N–H and O–H groups in total. The third-order valence-electron chi connectivity index (χ3n) is 4.30. The second kappa shape index (κ2) is 15.6. The van der Waals surface area contributed by atoms with Gasteiger partial charge in [-0.1, -0.05) is 49.9 Å². The molecule has 4 heteroatoms. The quantitative estimate of drug-likeness (QED) is 0.351. The first kappa shape index (κ1) is 21.1. The molecule has 0 saturated heterocycles. The average Bonchev–Trinajstić information content (AvgIpc) is 2.61. The van der Waals surface area contributed by atoms with Crippen LogP contribution in [0, 0.1) is 0 Å². The van der Waals surface area contributed by atoms with Gasteiger partial charge in [0.1, 0.15) is 0 Å². The van der Waals surface area contributed by atoms with Crippen molar-refractivity contribution in [3.05, 3.63) is 35.4 Å². The highest BCUT2D eigenvalue weighted by Gasteiger charge is 1.96. The molecule has 1 rings (SSSR count). The zero-order chi connectivity index (χ0) is 17.3. The largest absolute Gasteiger partial charge is 0.330 e. The van der Waals surface area contributed by atoms with E-state index in [4.69, 9.17) is 11.5 Å². The van der Waals surface area contributed by atoms with E-state index in [9.17, 15) is 0 Å². The van der Waals surface area contributed by atoms with Crippen LogP contribution in [-0.2, 0) is 13.1 Å². The summed E-state index contributed by atoms with van der Waals surface area (Å²) in [5, 5.41) is 7.04. The van der Waals surface area contributed by atoms with Crippen LogP contribution in [0.4, 0.5) is 0 Å². The van der Waals surface area contributed by atoms with Crippen molar-refractivity contribution in [2.45, 2.75) is 64.5 Å². The topological polar surface area (TPSA) is 76.1 Å². The Bertz CT molecular complexity index is 341. The molecule has 138 valence electrons. The molecular formula is C20H38N4. The van der Waals surface area contributed by atoms with E-state index in [1.807, 2.05) is 0 Å². The lowest BCUT2D eigenvalue weighted by Crippen LogP contribution is -2.16. The van der Waals surface area contributed by atoms with Crippen molar-refractivity contribution in [1.82, 2.24) is 10.6 Å². The fourth-order valence-electron chi connectivity index (χ4n) is 2.74.